The molecule has 0 aromatic heterocycles. The number of carbonyl (C=O) groups excluding carboxylic acids is 2. The predicted molar refractivity (Wildman–Crippen MR) is 116 cm³/mol. The van der Waals surface area contributed by atoms with E-state index in [1.165, 1.54) is 0 Å². The number of nitriles is 1. The number of hydrogen-bond donors (Lipinski definition) is 2. The second-order valence-corrected chi connectivity index (χ2v) is 8.35. The standard InChI is InChI=1S/C24H26N4O3/c1-27(24(31)11-16-5-6-18-12-23(30)26-21(18)10-16)22(15-28-8-7-20(29)14-28)19-4-2-3-17(9-19)13-25/h2-6,9-10,20,22,29H,7-8,11-12,14-15H2,1H3,(H,26,30)/t20-,22?/m0/s1. The number of benzene rings is 2. The summed E-state index contributed by atoms with van der Waals surface area (Å²) in [5.74, 6) is -0.0720. The number of nitrogens with zero attached hydrogens (tertiary/aromatic N) is 3. The van der Waals surface area contributed by atoms with E-state index in [1.54, 1.807) is 18.0 Å². The number of carbonyl (C=O) groups is 2. The highest BCUT2D eigenvalue weighted by Gasteiger charge is 2.28. The van der Waals surface area contributed by atoms with E-state index in [9.17, 15) is 20.0 Å². The summed E-state index contributed by atoms with van der Waals surface area (Å²) in [5.41, 5.74) is 4.03. The van der Waals surface area contributed by atoms with Crippen molar-refractivity contribution in [3.05, 3.63) is 64.7 Å². The first-order valence-electron chi connectivity index (χ1n) is 10.5. The SMILES string of the molecule is CN(C(=O)Cc1ccc2c(c1)NC(=O)C2)C(CN1CC[C@H](O)C1)c1cccc(C#N)c1. The Hall–Kier alpha value is -3.21. The number of aliphatic hydroxyl groups is 1. The van der Waals surface area contributed by atoms with Gasteiger partial charge in [0.2, 0.25) is 11.8 Å². The van der Waals surface area contributed by atoms with Crippen LogP contribution in [0, 0.1) is 11.3 Å². The van der Waals surface area contributed by atoms with Crippen molar-refractivity contribution in [1.82, 2.24) is 9.80 Å². The molecule has 1 saturated heterocycles. The third-order valence-corrected chi connectivity index (χ3v) is 6.09. The maximum absolute atomic E-state index is 13.2. The van der Waals surface area contributed by atoms with Crippen LogP contribution in [-0.2, 0) is 22.4 Å². The Labute approximate surface area is 181 Å². The van der Waals surface area contributed by atoms with Crippen molar-refractivity contribution in [3.63, 3.8) is 0 Å². The zero-order valence-corrected chi connectivity index (χ0v) is 17.5. The largest absolute Gasteiger partial charge is 0.392 e. The van der Waals surface area contributed by atoms with Gasteiger partial charge in [0.1, 0.15) is 0 Å². The smallest absolute Gasteiger partial charge is 0.228 e. The van der Waals surface area contributed by atoms with Crippen LogP contribution >= 0.6 is 0 Å². The highest BCUT2D eigenvalue weighted by atomic mass is 16.3. The lowest BCUT2D eigenvalue weighted by molar-refractivity contribution is -0.131. The van der Waals surface area contributed by atoms with Crippen molar-refractivity contribution < 1.29 is 14.7 Å². The Balaban J connectivity index is 1.53. The summed E-state index contributed by atoms with van der Waals surface area (Å²) >= 11 is 0. The predicted octanol–water partition coefficient (Wildman–Crippen LogP) is 1.86. The van der Waals surface area contributed by atoms with Gasteiger partial charge in [0.25, 0.3) is 0 Å². The Morgan fingerprint density at radius 1 is 1.35 bits per heavy atom. The van der Waals surface area contributed by atoms with E-state index >= 15 is 0 Å². The molecule has 7 heteroatoms. The van der Waals surface area contributed by atoms with Crippen LogP contribution in [0.4, 0.5) is 5.69 Å². The normalized spacial score (nSPS) is 18.9. The van der Waals surface area contributed by atoms with Crippen LogP contribution in [0.5, 0.6) is 0 Å². The average molecular weight is 418 g/mol. The van der Waals surface area contributed by atoms with Crippen LogP contribution in [0.3, 0.4) is 0 Å². The molecule has 2 N–H and O–H groups in total. The number of likely N-dealkylation sites (N-methyl/N-ethyl adjacent to an activating group) is 1. The number of β-amino-alcohol motifs (C(OH)–C–C–N with tert-alkyl or cyclic N) is 1. The van der Waals surface area contributed by atoms with Crippen molar-refractivity contribution in [3.8, 4) is 6.07 Å². The van der Waals surface area contributed by atoms with Crippen molar-refractivity contribution >= 4 is 17.5 Å². The van der Waals surface area contributed by atoms with Crippen LogP contribution in [-0.4, -0.2) is 59.5 Å². The Morgan fingerprint density at radius 2 is 2.19 bits per heavy atom. The van der Waals surface area contributed by atoms with Crippen LogP contribution in [0.25, 0.3) is 0 Å². The van der Waals surface area contributed by atoms with Gasteiger partial charge in [-0.25, -0.2) is 0 Å². The number of nitrogens with one attached hydrogen (secondary N) is 1. The molecule has 0 saturated carbocycles. The third-order valence-electron chi connectivity index (χ3n) is 6.09. The molecule has 1 fully saturated rings. The molecule has 2 atom stereocenters. The van der Waals surface area contributed by atoms with E-state index in [1.807, 2.05) is 36.4 Å². The van der Waals surface area contributed by atoms with Gasteiger partial charge in [-0.15, -0.1) is 0 Å². The number of anilines is 1. The molecule has 2 heterocycles. The molecule has 0 bridgehead atoms. The zero-order valence-electron chi connectivity index (χ0n) is 17.5. The van der Waals surface area contributed by atoms with Gasteiger partial charge in [0.15, 0.2) is 0 Å². The first-order chi connectivity index (χ1) is 14.9. The molecule has 7 nitrogen and oxygen atoms in total. The summed E-state index contributed by atoms with van der Waals surface area (Å²) in [6.07, 6.45) is 0.983. The summed E-state index contributed by atoms with van der Waals surface area (Å²) in [6.45, 7) is 1.96. The van der Waals surface area contributed by atoms with Gasteiger partial charge < -0.3 is 15.3 Å². The van der Waals surface area contributed by atoms with E-state index in [0.717, 1.165) is 35.3 Å². The number of aliphatic hydroxyl groups excluding tert-OH is 1. The molecule has 0 spiro atoms. The van der Waals surface area contributed by atoms with E-state index in [2.05, 4.69) is 16.3 Å². The Kier molecular flexibility index (Phi) is 6.03. The van der Waals surface area contributed by atoms with Gasteiger partial charge in [-0.1, -0.05) is 24.3 Å². The van der Waals surface area contributed by atoms with Crippen LogP contribution in [0.15, 0.2) is 42.5 Å². The fourth-order valence-electron chi connectivity index (χ4n) is 4.33. The fourth-order valence-corrected chi connectivity index (χ4v) is 4.33. The quantitative estimate of drug-likeness (QED) is 0.747. The second kappa shape index (κ2) is 8.88. The summed E-state index contributed by atoms with van der Waals surface area (Å²) in [5, 5.41) is 22.0. The molecular weight excluding hydrogens is 392 g/mol. The lowest BCUT2D eigenvalue weighted by atomic mass is 10.0. The minimum atomic E-state index is -0.339. The molecule has 31 heavy (non-hydrogen) atoms. The summed E-state index contributed by atoms with van der Waals surface area (Å²) < 4.78 is 0. The minimum Gasteiger partial charge on any atom is -0.392 e. The lowest BCUT2D eigenvalue weighted by Gasteiger charge is -2.32. The van der Waals surface area contributed by atoms with Crippen molar-refractivity contribution in [2.75, 3.05) is 32.0 Å². The molecule has 2 amide bonds. The van der Waals surface area contributed by atoms with Gasteiger partial charge in [0, 0.05) is 32.4 Å². The molecule has 0 aliphatic carbocycles. The first kappa shape index (κ1) is 21.0. The molecule has 160 valence electrons. The Morgan fingerprint density at radius 3 is 2.94 bits per heavy atom. The number of amides is 2. The van der Waals surface area contributed by atoms with Crippen molar-refractivity contribution in [1.29, 1.82) is 5.26 Å². The third kappa shape index (κ3) is 4.76. The van der Waals surface area contributed by atoms with Crippen molar-refractivity contribution in [2.24, 2.45) is 0 Å². The van der Waals surface area contributed by atoms with Gasteiger partial charge in [-0.05, 0) is 41.3 Å². The summed E-state index contributed by atoms with van der Waals surface area (Å²) in [4.78, 5) is 28.7. The van der Waals surface area contributed by atoms with E-state index < -0.39 is 0 Å². The van der Waals surface area contributed by atoms with Gasteiger partial charge in [-0.2, -0.15) is 5.26 Å². The number of likely N-dealkylation sites (tertiary alicyclic amines) is 1. The van der Waals surface area contributed by atoms with Gasteiger partial charge in [-0.3, -0.25) is 14.5 Å². The second-order valence-electron chi connectivity index (χ2n) is 8.35. The molecule has 0 radical (unpaired) electrons. The molecule has 2 aliphatic rings. The van der Waals surface area contributed by atoms with E-state index in [4.69, 9.17) is 0 Å². The van der Waals surface area contributed by atoms with Crippen LogP contribution < -0.4 is 5.32 Å². The number of fused-ring (bicyclic) bond motifs is 1. The molecular formula is C24H26N4O3. The van der Waals surface area contributed by atoms with Crippen LogP contribution in [0.2, 0.25) is 0 Å². The Bertz CT molecular complexity index is 1050. The monoisotopic (exact) mass is 418 g/mol. The molecule has 2 aromatic carbocycles. The van der Waals surface area contributed by atoms with Gasteiger partial charge >= 0.3 is 0 Å². The summed E-state index contributed by atoms with van der Waals surface area (Å²) in [7, 11) is 1.79. The average Bonchev–Trinajstić information content (AvgIpc) is 3.35. The first-order valence-corrected chi connectivity index (χ1v) is 10.5. The lowest BCUT2D eigenvalue weighted by Crippen LogP contribution is -2.39. The molecule has 4 rings (SSSR count). The summed E-state index contributed by atoms with van der Waals surface area (Å²) in [6, 6.07) is 14.9. The maximum Gasteiger partial charge on any atom is 0.228 e. The zero-order chi connectivity index (χ0) is 22.0. The topological polar surface area (TPSA) is 96.7 Å². The molecule has 2 aliphatic heterocycles. The minimum absolute atomic E-state index is 0.0270. The fraction of sp³-hybridized carbons (Fsp3) is 0.375. The molecule has 2 aromatic rings. The van der Waals surface area contributed by atoms with Gasteiger partial charge in [0.05, 0.1) is 36.6 Å². The highest BCUT2D eigenvalue weighted by molar-refractivity contribution is 5.99. The van der Waals surface area contributed by atoms with Crippen molar-refractivity contribution in [2.45, 2.75) is 31.4 Å². The van der Waals surface area contributed by atoms with E-state index in [-0.39, 0.29) is 30.4 Å². The number of rotatable bonds is 6. The van der Waals surface area contributed by atoms with E-state index in [0.29, 0.717) is 25.1 Å². The number of hydrogen-bond acceptors (Lipinski definition) is 5. The van der Waals surface area contributed by atoms with Crippen LogP contribution in [0.1, 0.15) is 34.7 Å². The molecule has 1 unspecified atom stereocenters. The highest BCUT2D eigenvalue weighted by Crippen LogP contribution is 2.27. The maximum atomic E-state index is 13.2.